The topological polar surface area (TPSA) is 121 Å². The Morgan fingerprint density at radius 1 is 0.452 bits per heavy atom. The normalized spacial score (nSPS) is 18.7. The Morgan fingerprint density at radius 2 is 0.892 bits per heavy atom. The van der Waals surface area contributed by atoms with Gasteiger partial charge in [-0.05, 0) is 77.8 Å². The maximum absolute atomic E-state index is 14.8. The summed E-state index contributed by atoms with van der Waals surface area (Å²) in [6.07, 6.45) is 19.4. The van der Waals surface area contributed by atoms with Gasteiger partial charge in [-0.2, -0.15) is 0 Å². The van der Waals surface area contributed by atoms with E-state index in [0.29, 0.717) is 45.9 Å². The zero-order valence-electron chi connectivity index (χ0n) is 56.0. The minimum atomic E-state index is -1.02. The smallest absolute Gasteiger partial charge is 0.220 e. The predicted molar refractivity (Wildman–Crippen MR) is 370 cm³/mol. The van der Waals surface area contributed by atoms with Crippen LogP contribution in [0.3, 0.4) is 0 Å². The molecule has 12 heteroatoms. The van der Waals surface area contributed by atoms with Gasteiger partial charge >= 0.3 is 0 Å². The Morgan fingerprint density at radius 3 is 1.42 bits per heavy atom. The number of ether oxygens (including phenoxy) is 10. The Hall–Kier alpha value is -5.61. The SMILES string of the molecule is CCCCCCCCCCCCCC[C@@H](OCc1ccccc1)[C@@H](OCc1ccccc1)[C@H](CO[C@H]1O[C@H](COCc2ccccc2)[C@H](OCc2ccccc2)[C@H](OCc2ccccc2)[C@H]1OCc1ccccc1)NC(=O)CCCCCOCCCCC1CCOCC1. The van der Waals surface area contributed by atoms with Crippen LogP contribution in [-0.2, 0) is 91.8 Å². The summed E-state index contributed by atoms with van der Waals surface area (Å²) in [5.41, 5.74) is 6.12. The maximum Gasteiger partial charge on any atom is 0.220 e. The van der Waals surface area contributed by atoms with Crippen molar-refractivity contribution in [1.29, 1.82) is 0 Å². The largest absolute Gasteiger partial charge is 0.381 e. The molecular formula is C81H111NO11. The summed E-state index contributed by atoms with van der Waals surface area (Å²) in [5.74, 6) is 0.702. The molecule has 506 valence electrons. The highest BCUT2D eigenvalue weighted by Gasteiger charge is 2.50. The number of carbonyl (C=O) groups is 1. The van der Waals surface area contributed by atoms with Crippen LogP contribution >= 0.6 is 0 Å². The van der Waals surface area contributed by atoms with Crippen molar-refractivity contribution in [1.82, 2.24) is 5.32 Å². The molecule has 1 N–H and O–H groups in total. The number of rotatable bonds is 49. The molecule has 2 heterocycles. The Bertz CT molecular complexity index is 2760. The van der Waals surface area contributed by atoms with E-state index in [1.807, 2.05) is 97.1 Å². The van der Waals surface area contributed by atoms with Crippen molar-refractivity contribution in [3.63, 3.8) is 0 Å². The third-order valence-electron chi connectivity index (χ3n) is 18.0. The summed E-state index contributed by atoms with van der Waals surface area (Å²) in [4.78, 5) is 14.8. The number of hydrogen-bond donors (Lipinski definition) is 1. The van der Waals surface area contributed by atoms with E-state index in [9.17, 15) is 4.79 Å². The van der Waals surface area contributed by atoms with Gasteiger partial charge in [0.2, 0.25) is 5.91 Å². The molecule has 2 saturated heterocycles. The molecule has 2 aliphatic rings. The van der Waals surface area contributed by atoms with Crippen LogP contribution in [0.1, 0.15) is 182 Å². The van der Waals surface area contributed by atoms with Crippen LogP contribution in [0, 0.1) is 5.92 Å². The molecular weight excluding hydrogens is 1160 g/mol. The third kappa shape index (κ3) is 29.1. The molecule has 0 aliphatic carbocycles. The lowest BCUT2D eigenvalue weighted by Crippen LogP contribution is -2.62. The Balaban J connectivity index is 1.07. The summed E-state index contributed by atoms with van der Waals surface area (Å²) in [6.45, 7) is 7.58. The van der Waals surface area contributed by atoms with Crippen molar-refractivity contribution in [2.24, 2.45) is 5.92 Å². The second kappa shape index (κ2) is 45.7. The lowest BCUT2D eigenvalue weighted by atomic mass is 9.94. The number of hydrogen-bond acceptors (Lipinski definition) is 11. The van der Waals surface area contributed by atoms with Gasteiger partial charge in [0.05, 0.1) is 65.0 Å². The highest BCUT2D eigenvalue weighted by atomic mass is 16.7. The van der Waals surface area contributed by atoms with Gasteiger partial charge in [-0.3, -0.25) is 4.79 Å². The number of nitrogens with one attached hydrogen (secondary N) is 1. The van der Waals surface area contributed by atoms with Gasteiger partial charge in [-0.25, -0.2) is 0 Å². The quantitative estimate of drug-likeness (QED) is 0.0368. The molecule has 0 saturated carbocycles. The third-order valence-corrected chi connectivity index (χ3v) is 18.0. The highest BCUT2D eigenvalue weighted by Crippen LogP contribution is 2.33. The van der Waals surface area contributed by atoms with Crippen molar-refractivity contribution in [3.05, 3.63) is 215 Å². The van der Waals surface area contributed by atoms with E-state index in [1.165, 1.54) is 83.5 Å². The fourth-order valence-corrected chi connectivity index (χ4v) is 12.6. The molecule has 6 aromatic carbocycles. The first-order valence-electron chi connectivity index (χ1n) is 35.7. The van der Waals surface area contributed by atoms with Crippen molar-refractivity contribution in [3.8, 4) is 0 Å². The van der Waals surface area contributed by atoms with Crippen LogP contribution in [0.25, 0.3) is 0 Å². The van der Waals surface area contributed by atoms with Crippen LogP contribution in [0.15, 0.2) is 182 Å². The molecule has 8 rings (SSSR count). The standard InChI is InChI=1S/C81H111NO11/c1-2-3-4-5-6-7-8-9-10-11-12-32-50-74(87-59-68-40-22-14-23-41-68)77(88-60-69-42-24-15-25-43-69)73(82-76(83)51-33-19-35-54-84-55-36-34-37-66-52-56-85-57-53-66)64-92-81-80(91-63-72-48-30-18-31-49-72)79(90-62-71-46-28-17-29-47-71)78(89-61-70-44-26-16-27-45-70)75(93-81)65-86-58-67-38-20-13-21-39-67/h13-18,20-31,38-49,66,73-75,77-81H,2-12,19,32-37,50-65H2,1H3,(H,82,83)/t73-,74+,75+,77-,78-,79-,80+,81-/m0/s1. The molecule has 0 radical (unpaired) electrons. The van der Waals surface area contributed by atoms with E-state index in [4.69, 9.17) is 47.4 Å². The fraction of sp³-hybridized carbons (Fsp3) is 0.543. The molecule has 0 bridgehead atoms. The molecule has 2 fully saturated rings. The van der Waals surface area contributed by atoms with Crippen LogP contribution in [0.4, 0.5) is 0 Å². The first-order chi connectivity index (χ1) is 46.1. The summed E-state index contributed by atoms with van der Waals surface area (Å²) in [7, 11) is 0. The van der Waals surface area contributed by atoms with E-state index >= 15 is 0 Å². The first kappa shape index (κ1) is 73.2. The van der Waals surface area contributed by atoms with Crippen molar-refractivity contribution < 1.29 is 52.2 Å². The van der Waals surface area contributed by atoms with E-state index in [1.54, 1.807) is 0 Å². The zero-order valence-corrected chi connectivity index (χ0v) is 56.0. The molecule has 6 aromatic rings. The fourth-order valence-electron chi connectivity index (χ4n) is 12.6. The van der Waals surface area contributed by atoms with Gasteiger partial charge < -0.3 is 52.7 Å². The van der Waals surface area contributed by atoms with E-state index in [0.717, 1.165) is 104 Å². The van der Waals surface area contributed by atoms with Crippen molar-refractivity contribution in [2.75, 3.05) is 39.6 Å². The van der Waals surface area contributed by atoms with Gasteiger partial charge in [0.25, 0.3) is 0 Å². The minimum absolute atomic E-state index is 0.00556. The predicted octanol–water partition coefficient (Wildman–Crippen LogP) is 17.6. The van der Waals surface area contributed by atoms with Crippen molar-refractivity contribution >= 4 is 5.91 Å². The van der Waals surface area contributed by atoms with Crippen LogP contribution < -0.4 is 5.32 Å². The van der Waals surface area contributed by atoms with Crippen molar-refractivity contribution in [2.45, 2.75) is 237 Å². The highest BCUT2D eigenvalue weighted by molar-refractivity contribution is 5.76. The van der Waals surface area contributed by atoms with Crippen LogP contribution in [0.5, 0.6) is 0 Å². The lowest BCUT2D eigenvalue weighted by Gasteiger charge is -2.46. The maximum atomic E-state index is 14.8. The number of unbranched alkanes of at least 4 members (excludes halogenated alkanes) is 14. The van der Waals surface area contributed by atoms with Gasteiger partial charge in [-0.15, -0.1) is 0 Å². The molecule has 0 aromatic heterocycles. The second-order valence-corrected chi connectivity index (χ2v) is 25.6. The average molecular weight is 1270 g/mol. The van der Waals surface area contributed by atoms with E-state index < -0.39 is 49.0 Å². The number of amides is 1. The van der Waals surface area contributed by atoms with Gasteiger partial charge in [0.1, 0.15) is 30.5 Å². The minimum Gasteiger partial charge on any atom is -0.381 e. The Kier molecular flexibility index (Phi) is 36.0. The zero-order chi connectivity index (χ0) is 64.3. The summed E-state index contributed by atoms with van der Waals surface area (Å²) in [6, 6.07) is 60.6. The van der Waals surface area contributed by atoms with Crippen LogP contribution in [0.2, 0.25) is 0 Å². The molecule has 2 aliphatic heterocycles. The van der Waals surface area contributed by atoms with Gasteiger partial charge in [-0.1, -0.05) is 285 Å². The number of benzene rings is 6. The molecule has 1 amide bonds. The first-order valence-corrected chi connectivity index (χ1v) is 35.7. The lowest BCUT2D eigenvalue weighted by molar-refractivity contribution is -0.330. The molecule has 8 atom stereocenters. The summed E-state index contributed by atoms with van der Waals surface area (Å²) in [5, 5.41) is 3.53. The van der Waals surface area contributed by atoms with E-state index in [2.05, 4.69) is 97.2 Å². The molecule has 12 nitrogen and oxygen atoms in total. The number of carbonyl (C=O) groups excluding carboxylic acids is 1. The molecule has 93 heavy (non-hydrogen) atoms. The monoisotopic (exact) mass is 1270 g/mol. The van der Waals surface area contributed by atoms with E-state index in [-0.39, 0.29) is 32.3 Å². The Labute approximate surface area is 558 Å². The summed E-state index contributed by atoms with van der Waals surface area (Å²) >= 11 is 0. The molecule has 0 spiro atoms. The average Bonchev–Trinajstić information content (AvgIpc) is 1.02. The second-order valence-electron chi connectivity index (χ2n) is 25.6. The molecule has 0 unspecified atom stereocenters. The van der Waals surface area contributed by atoms with Crippen LogP contribution in [-0.4, -0.2) is 94.5 Å². The van der Waals surface area contributed by atoms with Gasteiger partial charge in [0.15, 0.2) is 6.29 Å². The summed E-state index contributed by atoms with van der Waals surface area (Å²) < 4.78 is 68.5. The van der Waals surface area contributed by atoms with Gasteiger partial charge in [0, 0.05) is 32.8 Å².